The van der Waals surface area contributed by atoms with E-state index in [0.29, 0.717) is 52.8 Å². The van der Waals surface area contributed by atoms with E-state index in [4.69, 9.17) is 9.47 Å². The van der Waals surface area contributed by atoms with Crippen LogP contribution in [0, 0.1) is 5.41 Å². The van der Waals surface area contributed by atoms with Gasteiger partial charge in [0.1, 0.15) is 18.2 Å². The van der Waals surface area contributed by atoms with E-state index in [0.717, 1.165) is 31.5 Å². The van der Waals surface area contributed by atoms with Crippen molar-refractivity contribution in [2.45, 2.75) is 57.8 Å². The van der Waals surface area contributed by atoms with Gasteiger partial charge in [-0.15, -0.1) is 0 Å². The van der Waals surface area contributed by atoms with Crippen LogP contribution in [-0.2, 0) is 26.0 Å². The van der Waals surface area contributed by atoms with Crippen LogP contribution in [0.25, 0.3) is 0 Å². The van der Waals surface area contributed by atoms with Crippen molar-refractivity contribution in [3.8, 4) is 5.75 Å². The van der Waals surface area contributed by atoms with E-state index in [9.17, 15) is 26.8 Å². The number of ether oxygens (including phenoxy) is 2. The summed E-state index contributed by atoms with van der Waals surface area (Å²) >= 11 is 0. The zero-order valence-electron chi connectivity index (χ0n) is 24.7. The largest absolute Gasteiger partial charge is 0.489 e. The monoisotopic (exact) mass is 633 g/mol. The lowest BCUT2D eigenvalue weighted by molar-refractivity contribution is -0.140. The highest BCUT2D eigenvalue weighted by Gasteiger charge is 2.44. The van der Waals surface area contributed by atoms with Gasteiger partial charge in [-0.25, -0.2) is 22.2 Å². The highest BCUT2D eigenvalue weighted by atomic mass is 32.2. The lowest BCUT2D eigenvalue weighted by Crippen LogP contribution is -2.40. The van der Waals surface area contributed by atoms with Crippen molar-refractivity contribution < 1.29 is 36.3 Å². The first kappa shape index (κ1) is 30.4. The van der Waals surface area contributed by atoms with Crippen molar-refractivity contribution in [3.05, 3.63) is 35.4 Å². The zero-order valence-corrected chi connectivity index (χ0v) is 25.5. The number of nitrogens with one attached hydrogen (secondary N) is 2. The van der Waals surface area contributed by atoms with Gasteiger partial charge in [-0.2, -0.15) is 0 Å². The quantitative estimate of drug-likeness (QED) is 0.391. The number of sulfonamides is 1. The van der Waals surface area contributed by atoms with Crippen LogP contribution < -0.4 is 24.6 Å². The Morgan fingerprint density at radius 1 is 1.02 bits per heavy atom. The molecule has 3 aliphatic heterocycles. The average Bonchev–Trinajstić information content (AvgIpc) is 3.54. The second kappa shape index (κ2) is 11.7. The highest BCUT2D eigenvalue weighted by Crippen LogP contribution is 2.54. The maximum absolute atomic E-state index is 13.9. The van der Waals surface area contributed by atoms with E-state index in [2.05, 4.69) is 19.9 Å². The van der Waals surface area contributed by atoms with Gasteiger partial charge in [0.2, 0.25) is 10.0 Å². The molecule has 1 aromatic heterocycles. The molecule has 0 unspecified atom stereocenters. The Kier molecular flexibility index (Phi) is 8.05. The fourth-order valence-corrected chi connectivity index (χ4v) is 7.05. The molecule has 1 saturated carbocycles. The van der Waals surface area contributed by atoms with Crippen LogP contribution in [-0.4, -0.2) is 76.3 Å². The number of hydrogen-bond acceptors (Lipinski definition) is 9. The Hall–Kier alpha value is -3.68. The van der Waals surface area contributed by atoms with E-state index < -0.39 is 33.6 Å². The van der Waals surface area contributed by atoms with Crippen LogP contribution >= 0.6 is 0 Å². The Balaban J connectivity index is 1.25. The fraction of sp³-hybridized carbons (Fsp3) is 0.567. The molecular weight excluding hydrogens is 596 g/mol. The van der Waals surface area contributed by atoms with Gasteiger partial charge in [-0.05, 0) is 55.4 Å². The number of piperidine rings is 2. The molecule has 0 bridgehead atoms. The molecule has 3 fully saturated rings. The van der Waals surface area contributed by atoms with E-state index in [1.165, 1.54) is 25.8 Å². The average molecular weight is 634 g/mol. The number of fused-ring (bicyclic) bond motifs is 1. The number of hydrogen-bond donors (Lipinski definition) is 2. The molecule has 2 aromatic rings. The molecular formula is C30H37F2N5O6S. The number of anilines is 4. The second-order valence-corrected chi connectivity index (χ2v) is 14.0. The minimum atomic E-state index is -3.82. The smallest absolute Gasteiger partial charge is 0.302 e. The van der Waals surface area contributed by atoms with Crippen molar-refractivity contribution in [2.24, 2.45) is 5.41 Å². The van der Waals surface area contributed by atoms with E-state index >= 15 is 0 Å². The predicted octanol–water partition coefficient (Wildman–Crippen LogP) is 4.19. The molecule has 6 rings (SSSR count). The summed E-state index contributed by atoms with van der Waals surface area (Å²) in [5.41, 5.74) is 2.49. The maximum atomic E-state index is 13.9. The summed E-state index contributed by atoms with van der Waals surface area (Å²) in [6, 6.07) is 6.52. The topological polar surface area (TPSA) is 130 Å². The van der Waals surface area contributed by atoms with Crippen LogP contribution in [0.4, 0.5) is 31.8 Å². The van der Waals surface area contributed by atoms with Gasteiger partial charge in [-0.1, -0.05) is 0 Å². The normalized spacial score (nSPS) is 20.1. The second-order valence-electron chi connectivity index (χ2n) is 12.2. The summed E-state index contributed by atoms with van der Waals surface area (Å²) in [7, 11) is -3.82. The Morgan fingerprint density at radius 3 is 2.41 bits per heavy atom. The standard InChI is InChI=1S/C30H37F2N5O6S/c1-20(38)42-16-17-44(40,41)35-22-2-3-23(24(19-22)36-11-7-29(5-6-29)8-12-36)28(39)34-25-18-21-4-15-43-26(21)27(33-25)37-13-9-30(31,32)10-14-37/h2-3,18-19,35H,4-17H2,1H3,(H,33,34,39). The number of carbonyl (C=O) groups is 2. The van der Waals surface area contributed by atoms with Crippen LogP contribution in [0.3, 0.4) is 0 Å². The lowest BCUT2D eigenvalue weighted by Gasteiger charge is -2.35. The molecule has 0 atom stereocenters. The van der Waals surface area contributed by atoms with Crippen molar-refractivity contribution in [2.75, 3.05) is 65.0 Å². The first-order valence-electron chi connectivity index (χ1n) is 15.0. The highest BCUT2D eigenvalue weighted by molar-refractivity contribution is 7.92. The number of nitrogens with zero attached hydrogens (tertiary/aromatic N) is 3. The molecule has 0 radical (unpaired) electrons. The van der Waals surface area contributed by atoms with Gasteiger partial charge in [0.25, 0.3) is 11.8 Å². The SMILES string of the molecule is CC(=O)OCCS(=O)(=O)Nc1ccc(C(=O)Nc2cc3c(c(N4CCC(F)(F)CC4)n2)OCC3)c(N2CCC3(CC2)CC3)c1. The number of pyridine rings is 1. The van der Waals surface area contributed by atoms with E-state index in [1.54, 1.807) is 23.1 Å². The molecule has 2 N–H and O–H groups in total. The number of aromatic nitrogens is 1. The van der Waals surface area contributed by atoms with Gasteiger partial charge in [0, 0.05) is 57.9 Å². The van der Waals surface area contributed by atoms with Gasteiger partial charge >= 0.3 is 5.97 Å². The molecule has 4 heterocycles. The lowest BCUT2D eigenvalue weighted by atomic mass is 9.93. The van der Waals surface area contributed by atoms with Crippen molar-refractivity contribution in [3.63, 3.8) is 0 Å². The van der Waals surface area contributed by atoms with Crippen LogP contribution in [0.2, 0.25) is 0 Å². The molecule has 4 aliphatic rings. The summed E-state index contributed by atoms with van der Waals surface area (Å²) in [5.74, 6) is -2.77. The third-order valence-electron chi connectivity index (χ3n) is 8.98. The summed E-state index contributed by atoms with van der Waals surface area (Å²) in [6.45, 7) is 3.12. The van der Waals surface area contributed by atoms with Gasteiger partial charge in [0.15, 0.2) is 11.6 Å². The molecule has 1 aliphatic carbocycles. The van der Waals surface area contributed by atoms with Crippen molar-refractivity contribution in [1.29, 1.82) is 0 Å². The van der Waals surface area contributed by atoms with Crippen LogP contribution in [0.1, 0.15) is 61.4 Å². The summed E-state index contributed by atoms with van der Waals surface area (Å²) < 4.78 is 66.1. The number of halogens is 2. The Morgan fingerprint density at radius 2 is 1.73 bits per heavy atom. The minimum Gasteiger partial charge on any atom is -0.489 e. The molecule has 44 heavy (non-hydrogen) atoms. The van der Waals surface area contributed by atoms with Crippen LogP contribution in [0.5, 0.6) is 5.75 Å². The molecule has 14 heteroatoms. The maximum Gasteiger partial charge on any atom is 0.302 e. The van der Waals surface area contributed by atoms with Gasteiger partial charge in [-0.3, -0.25) is 14.3 Å². The van der Waals surface area contributed by atoms with Crippen molar-refractivity contribution in [1.82, 2.24) is 4.98 Å². The van der Waals surface area contributed by atoms with Gasteiger partial charge < -0.3 is 24.6 Å². The first-order valence-corrected chi connectivity index (χ1v) is 16.7. The summed E-state index contributed by atoms with van der Waals surface area (Å²) in [4.78, 5) is 33.4. The molecule has 1 spiro atoms. The number of esters is 1. The van der Waals surface area contributed by atoms with Crippen LogP contribution in [0.15, 0.2) is 24.3 Å². The number of alkyl halides is 2. The molecule has 11 nitrogen and oxygen atoms in total. The Labute approximate surface area is 255 Å². The summed E-state index contributed by atoms with van der Waals surface area (Å²) in [5, 5.41) is 2.90. The number of benzene rings is 1. The zero-order chi connectivity index (χ0) is 31.1. The number of carbonyl (C=O) groups excluding carboxylic acids is 2. The first-order chi connectivity index (χ1) is 20.9. The number of amides is 1. The summed E-state index contributed by atoms with van der Waals surface area (Å²) in [6.07, 6.45) is 4.47. The molecule has 1 amide bonds. The Bertz CT molecular complexity index is 1550. The number of rotatable bonds is 9. The third-order valence-corrected chi connectivity index (χ3v) is 10.2. The van der Waals surface area contributed by atoms with E-state index in [1.807, 2.05) is 0 Å². The molecule has 238 valence electrons. The molecule has 1 aromatic carbocycles. The molecule has 2 saturated heterocycles. The van der Waals surface area contributed by atoms with E-state index in [-0.39, 0.29) is 32.5 Å². The van der Waals surface area contributed by atoms with Crippen molar-refractivity contribution >= 4 is 44.9 Å². The third kappa shape index (κ3) is 6.84. The minimum absolute atomic E-state index is 0.131. The van der Waals surface area contributed by atoms with Gasteiger partial charge in [0.05, 0.1) is 23.5 Å². The fourth-order valence-electron chi connectivity index (χ4n) is 6.16. The predicted molar refractivity (Wildman–Crippen MR) is 161 cm³/mol.